The maximum absolute atomic E-state index is 14.0. The Balaban J connectivity index is 3.30. The van der Waals surface area contributed by atoms with E-state index in [0.29, 0.717) is 17.7 Å². The molecule has 1 rings (SSSR count). The molecule has 5 amide bonds. The number of thioether (sulfide) groups is 1. The number of rotatable bonds is 24. The number of benzene rings is 1. The number of amides is 5. The van der Waals surface area contributed by atoms with E-state index in [1.54, 1.807) is 39.8 Å². The Morgan fingerprint density at radius 3 is 1.72 bits per heavy atom. The number of aliphatic imine (C=N–C) groups is 1. The normalized spacial score (nSPS) is 14.6. The third-order valence-corrected chi connectivity index (χ3v) is 9.02. The smallest absolute Gasteiger partial charge is 0.326 e. The van der Waals surface area contributed by atoms with Crippen molar-refractivity contribution in [1.29, 1.82) is 0 Å². The number of carboxylic acid groups (broad SMARTS) is 1. The average molecular weight is 780 g/mol. The van der Waals surface area contributed by atoms with Crippen molar-refractivity contribution in [2.75, 3.05) is 18.6 Å². The Bertz CT molecular complexity index is 1420. The summed E-state index contributed by atoms with van der Waals surface area (Å²) in [6.07, 6.45) is 2.87. The van der Waals surface area contributed by atoms with Crippen molar-refractivity contribution < 1.29 is 39.0 Å². The van der Waals surface area contributed by atoms with Gasteiger partial charge in [-0.15, -0.1) is 0 Å². The molecular weight excluding hydrogens is 719 g/mol. The van der Waals surface area contributed by atoms with Crippen LogP contribution >= 0.6 is 11.8 Å². The molecule has 17 nitrogen and oxygen atoms in total. The molecule has 0 saturated carbocycles. The van der Waals surface area contributed by atoms with E-state index < -0.39 is 83.6 Å². The molecule has 0 aromatic heterocycles. The first-order valence-corrected chi connectivity index (χ1v) is 19.5. The van der Waals surface area contributed by atoms with Gasteiger partial charge in [0.1, 0.15) is 36.0 Å². The summed E-state index contributed by atoms with van der Waals surface area (Å²) < 4.78 is 0. The molecule has 6 atom stereocenters. The molecule has 18 heteroatoms. The van der Waals surface area contributed by atoms with Gasteiger partial charge in [0, 0.05) is 13.0 Å². The molecule has 0 bridgehead atoms. The number of hydrogen-bond donors (Lipinski definition) is 10. The third kappa shape index (κ3) is 17.5. The minimum atomic E-state index is -1.24. The van der Waals surface area contributed by atoms with Crippen LogP contribution in [0.25, 0.3) is 0 Å². The van der Waals surface area contributed by atoms with Crippen LogP contribution in [0.1, 0.15) is 72.8 Å². The number of guanidine groups is 1. The highest BCUT2D eigenvalue weighted by atomic mass is 32.2. The lowest BCUT2D eigenvalue weighted by molar-refractivity contribution is -0.142. The molecule has 0 saturated heterocycles. The highest BCUT2D eigenvalue weighted by Crippen LogP contribution is 2.14. The zero-order valence-corrected chi connectivity index (χ0v) is 33.2. The summed E-state index contributed by atoms with van der Waals surface area (Å²) in [6, 6.07) is -0.659. The first kappa shape index (κ1) is 47.4. The predicted molar refractivity (Wildman–Crippen MR) is 209 cm³/mol. The highest BCUT2D eigenvalue weighted by molar-refractivity contribution is 7.98. The monoisotopic (exact) mass is 779 g/mol. The van der Waals surface area contributed by atoms with E-state index in [9.17, 15) is 39.0 Å². The van der Waals surface area contributed by atoms with Crippen molar-refractivity contribution in [3.63, 3.8) is 0 Å². The van der Waals surface area contributed by atoms with E-state index in [4.69, 9.17) is 17.2 Å². The first-order valence-electron chi connectivity index (χ1n) is 18.1. The molecular formula is C36H61N9O8S. The minimum absolute atomic E-state index is 0.00245. The lowest BCUT2D eigenvalue weighted by Gasteiger charge is -2.30. The second-order valence-corrected chi connectivity index (χ2v) is 15.3. The largest absolute Gasteiger partial charge is 0.508 e. The SMILES string of the molecule is CSCC[C@H](NC(=O)[C@@H](NC(=O)[C@@H](NC(=O)[C@H](Cc1ccc(O)cc1)NC(=O)[C@H](CC(C)C)NC(=O)[C@@H](N)CCCN=C(N)N)C(C)C)C(C)C)C(=O)O. The van der Waals surface area contributed by atoms with Crippen LogP contribution < -0.4 is 43.8 Å². The number of phenolic OH excluding ortho intramolecular Hbond substituents is 1. The van der Waals surface area contributed by atoms with E-state index in [1.165, 1.54) is 23.9 Å². The summed E-state index contributed by atoms with van der Waals surface area (Å²) in [5.74, 6) is -5.04. The number of phenols is 1. The van der Waals surface area contributed by atoms with Crippen LogP contribution in [0, 0.1) is 17.8 Å². The van der Waals surface area contributed by atoms with E-state index in [1.807, 2.05) is 20.1 Å². The van der Waals surface area contributed by atoms with Gasteiger partial charge in [-0.2, -0.15) is 11.8 Å². The zero-order valence-electron chi connectivity index (χ0n) is 32.4. The fourth-order valence-corrected chi connectivity index (χ4v) is 5.77. The summed E-state index contributed by atoms with van der Waals surface area (Å²) in [7, 11) is 0. The molecule has 0 aliphatic heterocycles. The number of aliphatic carboxylic acids is 1. The summed E-state index contributed by atoms with van der Waals surface area (Å²) in [6.45, 7) is 10.8. The third-order valence-electron chi connectivity index (χ3n) is 8.37. The molecule has 54 heavy (non-hydrogen) atoms. The van der Waals surface area contributed by atoms with E-state index in [-0.39, 0.29) is 49.9 Å². The second kappa shape index (κ2) is 24.0. The molecule has 13 N–H and O–H groups in total. The minimum Gasteiger partial charge on any atom is -0.508 e. The summed E-state index contributed by atoms with van der Waals surface area (Å²) >= 11 is 1.44. The number of nitrogens with one attached hydrogen (secondary N) is 5. The van der Waals surface area contributed by atoms with Gasteiger partial charge in [-0.25, -0.2) is 4.79 Å². The van der Waals surface area contributed by atoms with E-state index in [2.05, 4.69) is 31.6 Å². The first-order chi connectivity index (χ1) is 25.3. The Morgan fingerprint density at radius 1 is 0.722 bits per heavy atom. The Morgan fingerprint density at radius 2 is 1.22 bits per heavy atom. The van der Waals surface area contributed by atoms with Crippen molar-refractivity contribution in [2.45, 2.75) is 110 Å². The molecule has 0 unspecified atom stereocenters. The van der Waals surface area contributed by atoms with Crippen LogP contribution in [-0.2, 0) is 35.2 Å². The van der Waals surface area contributed by atoms with Gasteiger partial charge in [-0.3, -0.25) is 29.0 Å². The number of aromatic hydroxyl groups is 1. The van der Waals surface area contributed by atoms with Crippen LogP contribution in [0.5, 0.6) is 5.75 Å². The Kier molecular flexibility index (Phi) is 21.0. The predicted octanol–water partition coefficient (Wildman–Crippen LogP) is -0.0646. The molecule has 304 valence electrons. The number of hydrogen-bond acceptors (Lipinski definition) is 10. The fraction of sp³-hybridized carbons (Fsp3) is 0.639. The van der Waals surface area contributed by atoms with Crippen LogP contribution in [-0.4, -0.2) is 106 Å². The number of carbonyl (C=O) groups excluding carboxylic acids is 5. The summed E-state index contributed by atoms with van der Waals surface area (Å²) in [4.78, 5) is 83.3. The molecule has 0 aliphatic rings. The lowest BCUT2D eigenvalue weighted by atomic mass is 9.98. The Labute approximate surface area is 322 Å². The lowest BCUT2D eigenvalue weighted by Crippen LogP contribution is -2.61. The maximum atomic E-state index is 14.0. The molecule has 0 aliphatic carbocycles. The number of carbonyl (C=O) groups is 6. The van der Waals surface area contributed by atoms with Crippen molar-refractivity contribution in [3.8, 4) is 5.75 Å². The van der Waals surface area contributed by atoms with Crippen molar-refractivity contribution in [1.82, 2.24) is 26.6 Å². The number of nitrogens with zero attached hydrogens (tertiary/aromatic N) is 1. The van der Waals surface area contributed by atoms with Crippen LogP contribution in [0.4, 0.5) is 0 Å². The van der Waals surface area contributed by atoms with E-state index >= 15 is 0 Å². The molecule has 1 aromatic rings. The summed E-state index contributed by atoms with van der Waals surface area (Å²) in [5, 5.41) is 32.8. The Hall–Kier alpha value is -4.58. The van der Waals surface area contributed by atoms with Crippen LogP contribution in [0.3, 0.4) is 0 Å². The van der Waals surface area contributed by atoms with Gasteiger partial charge in [0.2, 0.25) is 29.5 Å². The van der Waals surface area contributed by atoms with Gasteiger partial charge in [0.05, 0.1) is 6.04 Å². The van der Waals surface area contributed by atoms with Gasteiger partial charge < -0.3 is 54.0 Å². The van der Waals surface area contributed by atoms with Crippen LogP contribution in [0.2, 0.25) is 0 Å². The number of nitrogens with two attached hydrogens (primary N) is 3. The molecule has 0 heterocycles. The highest BCUT2D eigenvalue weighted by Gasteiger charge is 2.35. The maximum Gasteiger partial charge on any atom is 0.326 e. The second-order valence-electron chi connectivity index (χ2n) is 14.3. The zero-order chi connectivity index (χ0) is 41.1. The topological polar surface area (TPSA) is 293 Å². The molecule has 0 spiro atoms. The van der Waals surface area contributed by atoms with Gasteiger partial charge in [-0.05, 0) is 73.1 Å². The quantitative estimate of drug-likeness (QED) is 0.0375. The number of carboxylic acids is 1. The van der Waals surface area contributed by atoms with Gasteiger partial charge in [0.25, 0.3) is 0 Å². The van der Waals surface area contributed by atoms with E-state index in [0.717, 1.165) is 0 Å². The molecule has 0 fully saturated rings. The standard InChI is InChI=1S/C36H61N9O8S/c1-19(2)17-26(42-30(47)24(37)9-8-15-40-36(38)39)31(48)43-27(18-22-10-12-23(46)13-11-22)32(49)44-29(21(5)6)34(51)45-28(20(3)4)33(50)41-25(35(52)53)14-16-54-7/h10-13,19-21,24-29,46H,8-9,14-18,37H2,1-7H3,(H,41,50)(H,42,47)(H,43,48)(H,44,49)(H,45,51)(H,52,53)(H4,38,39,40)/t24-,25-,26-,27-,28-,29-/m0/s1. The fourth-order valence-electron chi connectivity index (χ4n) is 5.30. The average Bonchev–Trinajstić information content (AvgIpc) is 3.08. The van der Waals surface area contributed by atoms with Crippen LogP contribution in [0.15, 0.2) is 29.3 Å². The van der Waals surface area contributed by atoms with Crippen molar-refractivity contribution in [2.24, 2.45) is 39.9 Å². The van der Waals surface area contributed by atoms with Gasteiger partial charge >= 0.3 is 5.97 Å². The summed E-state index contributed by atoms with van der Waals surface area (Å²) in [5.41, 5.74) is 17.4. The van der Waals surface area contributed by atoms with Gasteiger partial charge in [0.15, 0.2) is 5.96 Å². The molecule has 0 radical (unpaired) electrons. The van der Waals surface area contributed by atoms with Crippen molar-refractivity contribution >= 4 is 53.2 Å². The van der Waals surface area contributed by atoms with Gasteiger partial charge in [-0.1, -0.05) is 53.7 Å². The molecule has 1 aromatic carbocycles. The van der Waals surface area contributed by atoms with Crippen molar-refractivity contribution in [3.05, 3.63) is 29.8 Å².